The number of hydrogen-bond donors (Lipinski definition) is 3. The lowest BCUT2D eigenvalue weighted by molar-refractivity contribution is -0.138. The maximum Gasteiger partial charge on any atom is 0.320 e. The van der Waals surface area contributed by atoms with Crippen molar-refractivity contribution in [1.82, 2.24) is 9.03 Å². The van der Waals surface area contributed by atoms with Crippen LogP contribution >= 0.6 is 0 Å². The number of carboxylic acids is 1. The van der Waals surface area contributed by atoms with Crippen molar-refractivity contribution >= 4 is 16.2 Å². The first-order valence-corrected chi connectivity index (χ1v) is 8.03. The number of carbonyl (C=O) groups is 1. The highest BCUT2D eigenvalue weighted by Crippen LogP contribution is 2.19. The molecule has 0 heterocycles. The van der Waals surface area contributed by atoms with Crippen LogP contribution in [0.25, 0.3) is 0 Å². The van der Waals surface area contributed by atoms with Crippen molar-refractivity contribution < 1.29 is 23.1 Å². The number of rotatable bonds is 9. The van der Waals surface area contributed by atoms with Crippen molar-refractivity contribution in [2.24, 2.45) is 5.73 Å². The quantitative estimate of drug-likeness (QED) is 0.574. The van der Waals surface area contributed by atoms with E-state index in [0.29, 0.717) is 5.75 Å². The maximum atomic E-state index is 12.1. The minimum Gasteiger partial charge on any atom is -0.496 e. The van der Waals surface area contributed by atoms with Gasteiger partial charge in [0.25, 0.3) is 10.2 Å². The Balaban J connectivity index is 2.63. The van der Waals surface area contributed by atoms with E-state index in [0.717, 1.165) is 9.87 Å². The van der Waals surface area contributed by atoms with Crippen molar-refractivity contribution in [3.63, 3.8) is 0 Å². The molecule has 0 aliphatic rings. The Morgan fingerprint density at radius 1 is 1.45 bits per heavy atom. The normalized spacial score (nSPS) is 13.1. The number of nitrogens with zero attached hydrogens (tertiary/aromatic N) is 1. The molecule has 0 bridgehead atoms. The Morgan fingerprint density at radius 2 is 2.09 bits per heavy atom. The summed E-state index contributed by atoms with van der Waals surface area (Å²) in [4.78, 5) is 10.6. The van der Waals surface area contributed by atoms with Gasteiger partial charge in [0.05, 0.1) is 7.11 Å². The molecule has 0 radical (unpaired) electrons. The Kier molecular flexibility index (Phi) is 6.75. The fourth-order valence-corrected chi connectivity index (χ4v) is 2.64. The highest BCUT2D eigenvalue weighted by Gasteiger charge is 2.20. The Hall–Kier alpha value is -1.68. The molecule has 124 valence electrons. The third kappa shape index (κ3) is 5.26. The summed E-state index contributed by atoms with van der Waals surface area (Å²) in [6.07, 6.45) is 0.0110. The van der Waals surface area contributed by atoms with Crippen LogP contribution in [0.15, 0.2) is 24.3 Å². The van der Waals surface area contributed by atoms with Crippen LogP contribution in [0.1, 0.15) is 12.0 Å². The van der Waals surface area contributed by atoms with Gasteiger partial charge in [-0.3, -0.25) is 4.79 Å². The zero-order chi connectivity index (χ0) is 16.8. The van der Waals surface area contributed by atoms with Gasteiger partial charge in [-0.25, -0.2) is 4.72 Å². The maximum absolute atomic E-state index is 12.1. The van der Waals surface area contributed by atoms with E-state index in [9.17, 15) is 13.2 Å². The number of methoxy groups -OCH3 is 1. The lowest BCUT2D eigenvalue weighted by Crippen LogP contribution is -2.41. The fraction of sp³-hybridized carbons (Fsp3) is 0.462. The molecule has 0 amide bonds. The minimum absolute atomic E-state index is 0.0110. The average Bonchev–Trinajstić information content (AvgIpc) is 2.47. The van der Waals surface area contributed by atoms with Crippen molar-refractivity contribution in [2.45, 2.75) is 19.0 Å². The molecule has 0 aliphatic heterocycles. The molecule has 1 rings (SSSR count). The Morgan fingerprint density at radius 3 is 2.68 bits per heavy atom. The van der Waals surface area contributed by atoms with E-state index in [-0.39, 0.29) is 19.5 Å². The molecule has 0 fully saturated rings. The van der Waals surface area contributed by atoms with Gasteiger partial charge in [0.1, 0.15) is 11.8 Å². The number of nitrogens with one attached hydrogen (secondary N) is 1. The predicted molar refractivity (Wildman–Crippen MR) is 81.6 cm³/mol. The molecule has 4 N–H and O–H groups in total. The summed E-state index contributed by atoms with van der Waals surface area (Å²) in [7, 11) is -0.790. The smallest absolute Gasteiger partial charge is 0.320 e. The van der Waals surface area contributed by atoms with E-state index in [1.54, 1.807) is 24.3 Å². The van der Waals surface area contributed by atoms with Gasteiger partial charge in [-0.15, -0.1) is 0 Å². The second-order valence-electron chi connectivity index (χ2n) is 4.70. The molecule has 22 heavy (non-hydrogen) atoms. The van der Waals surface area contributed by atoms with Gasteiger partial charge in [0.15, 0.2) is 0 Å². The van der Waals surface area contributed by atoms with Gasteiger partial charge in [0.2, 0.25) is 0 Å². The average molecular weight is 331 g/mol. The number of carboxylic acid groups (broad SMARTS) is 1. The first-order chi connectivity index (χ1) is 10.3. The summed E-state index contributed by atoms with van der Waals surface area (Å²) in [6, 6.07) is 6.00. The molecular weight excluding hydrogens is 310 g/mol. The Labute approximate surface area is 130 Å². The zero-order valence-electron chi connectivity index (χ0n) is 12.5. The van der Waals surface area contributed by atoms with Crippen LogP contribution in [-0.2, 0) is 21.5 Å². The van der Waals surface area contributed by atoms with Crippen LogP contribution in [0.4, 0.5) is 0 Å². The van der Waals surface area contributed by atoms with E-state index in [4.69, 9.17) is 15.6 Å². The van der Waals surface area contributed by atoms with E-state index in [1.165, 1.54) is 14.2 Å². The molecule has 0 aliphatic carbocycles. The largest absolute Gasteiger partial charge is 0.496 e. The summed E-state index contributed by atoms with van der Waals surface area (Å²) < 4.78 is 32.8. The molecule has 0 aromatic heterocycles. The molecule has 0 unspecified atom stereocenters. The standard InChI is InChI=1S/C13H21N3O5S/c1-16(9-10-5-3-4-6-12(10)21-2)22(19,20)15-8-7-11(14)13(17)18/h3-6,11,15H,7-9,14H2,1-2H3,(H,17,18)/t11-/m0/s1. The minimum atomic E-state index is -3.73. The summed E-state index contributed by atoms with van der Waals surface area (Å²) in [5, 5.41) is 8.65. The Bertz CT molecular complexity index is 605. The van der Waals surface area contributed by atoms with Gasteiger partial charge < -0.3 is 15.6 Å². The van der Waals surface area contributed by atoms with Gasteiger partial charge in [0, 0.05) is 25.7 Å². The third-order valence-electron chi connectivity index (χ3n) is 3.05. The zero-order valence-corrected chi connectivity index (χ0v) is 13.3. The SMILES string of the molecule is COc1ccccc1CN(C)S(=O)(=O)NCC[C@H](N)C(=O)O. The molecular formula is C13H21N3O5S. The number of nitrogens with two attached hydrogens (primary N) is 1. The van der Waals surface area contributed by atoms with Gasteiger partial charge in [-0.2, -0.15) is 12.7 Å². The van der Waals surface area contributed by atoms with Crippen molar-refractivity contribution in [1.29, 1.82) is 0 Å². The predicted octanol–water partition coefficient (Wildman–Crippen LogP) is -0.237. The number of ether oxygens (including phenoxy) is 1. The molecule has 1 atom stereocenters. The topological polar surface area (TPSA) is 122 Å². The second-order valence-corrected chi connectivity index (χ2v) is 6.56. The second kappa shape index (κ2) is 8.08. The third-order valence-corrected chi connectivity index (χ3v) is 4.57. The molecule has 8 nitrogen and oxygen atoms in total. The lowest BCUT2D eigenvalue weighted by atomic mass is 10.2. The van der Waals surface area contributed by atoms with Crippen LogP contribution in [0.2, 0.25) is 0 Å². The van der Waals surface area contributed by atoms with E-state index in [1.807, 2.05) is 0 Å². The first kappa shape index (κ1) is 18.4. The number of para-hydroxylation sites is 1. The summed E-state index contributed by atoms with van der Waals surface area (Å²) >= 11 is 0. The van der Waals surface area contributed by atoms with Gasteiger partial charge in [-0.1, -0.05) is 18.2 Å². The number of hydrogen-bond acceptors (Lipinski definition) is 5. The van der Waals surface area contributed by atoms with Gasteiger partial charge >= 0.3 is 5.97 Å². The first-order valence-electron chi connectivity index (χ1n) is 6.59. The van der Waals surface area contributed by atoms with Gasteiger partial charge in [-0.05, 0) is 12.5 Å². The number of benzene rings is 1. The van der Waals surface area contributed by atoms with Crippen LogP contribution in [0.5, 0.6) is 5.75 Å². The van der Waals surface area contributed by atoms with Crippen molar-refractivity contribution in [3.8, 4) is 5.75 Å². The highest BCUT2D eigenvalue weighted by atomic mass is 32.2. The molecule has 0 saturated carbocycles. The fourth-order valence-electron chi connectivity index (χ4n) is 1.74. The lowest BCUT2D eigenvalue weighted by Gasteiger charge is -2.19. The summed E-state index contributed by atoms with van der Waals surface area (Å²) in [6.45, 7) is 0.0798. The van der Waals surface area contributed by atoms with Crippen LogP contribution in [0.3, 0.4) is 0 Å². The van der Waals surface area contributed by atoms with E-state index >= 15 is 0 Å². The molecule has 1 aromatic rings. The van der Waals surface area contributed by atoms with Crippen LogP contribution < -0.4 is 15.2 Å². The molecule has 1 aromatic carbocycles. The molecule has 0 saturated heterocycles. The van der Waals surface area contributed by atoms with E-state index in [2.05, 4.69) is 4.72 Å². The summed E-state index contributed by atoms with van der Waals surface area (Å²) in [5.41, 5.74) is 6.04. The van der Waals surface area contributed by atoms with E-state index < -0.39 is 22.2 Å². The highest BCUT2D eigenvalue weighted by molar-refractivity contribution is 7.87. The number of aliphatic carboxylic acids is 1. The van der Waals surface area contributed by atoms with Crippen LogP contribution in [0, 0.1) is 0 Å². The molecule has 9 heteroatoms. The van der Waals surface area contributed by atoms with Crippen molar-refractivity contribution in [2.75, 3.05) is 20.7 Å². The molecule has 0 spiro atoms. The summed E-state index contributed by atoms with van der Waals surface area (Å²) in [5.74, 6) is -0.570. The monoisotopic (exact) mass is 331 g/mol. The van der Waals surface area contributed by atoms with Crippen molar-refractivity contribution in [3.05, 3.63) is 29.8 Å². The van der Waals surface area contributed by atoms with Crippen LogP contribution in [-0.4, -0.2) is 50.5 Å².